The van der Waals surface area contributed by atoms with E-state index in [-0.39, 0.29) is 12.4 Å². The predicted octanol–water partition coefficient (Wildman–Crippen LogP) is 4.20. The highest BCUT2D eigenvalue weighted by molar-refractivity contribution is 5.91. The van der Waals surface area contributed by atoms with Crippen molar-refractivity contribution in [2.75, 3.05) is 11.5 Å². The van der Waals surface area contributed by atoms with Gasteiger partial charge in [0, 0.05) is 11.4 Å². The molecule has 0 aromatic heterocycles. The molecule has 2 rings (SSSR count). The summed E-state index contributed by atoms with van der Waals surface area (Å²) in [5, 5.41) is 8.80. The summed E-state index contributed by atoms with van der Waals surface area (Å²) < 4.78 is 0. The number of aromatic carboxylic acids is 1. The molecule has 0 saturated carbocycles. The van der Waals surface area contributed by atoms with Crippen LogP contribution < -0.4 is 11.5 Å². The summed E-state index contributed by atoms with van der Waals surface area (Å²) in [5.41, 5.74) is 18.3. The van der Waals surface area contributed by atoms with E-state index in [1.165, 1.54) is 16.7 Å². The number of anilines is 2. The summed E-state index contributed by atoms with van der Waals surface area (Å²) in [4.78, 5) is 10.7. The number of halogens is 1. The van der Waals surface area contributed by atoms with Crippen LogP contribution in [0.3, 0.4) is 0 Å². The second kappa shape index (κ2) is 8.44. The van der Waals surface area contributed by atoms with E-state index in [0.29, 0.717) is 22.4 Å². The second-order valence-electron chi connectivity index (χ2n) is 5.61. The van der Waals surface area contributed by atoms with Crippen molar-refractivity contribution in [1.29, 1.82) is 0 Å². The van der Waals surface area contributed by atoms with Gasteiger partial charge in [0.15, 0.2) is 0 Å². The van der Waals surface area contributed by atoms with E-state index in [2.05, 4.69) is 20.8 Å². The summed E-state index contributed by atoms with van der Waals surface area (Å²) in [6.45, 7) is 9.76. The van der Waals surface area contributed by atoms with Gasteiger partial charge in [0.25, 0.3) is 0 Å². The first kappa shape index (κ1) is 20.8. The molecule has 4 nitrogen and oxygen atoms in total. The third-order valence-electron chi connectivity index (χ3n) is 3.72. The van der Waals surface area contributed by atoms with Gasteiger partial charge in [-0.05, 0) is 86.7 Å². The highest BCUT2D eigenvalue weighted by Crippen LogP contribution is 2.17. The first-order chi connectivity index (χ1) is 10.1. The predicted molar refractivity (Wildman–Crippen MR) is 99.6 cm³/mol. The van der Waals surface area contributed by atoms with E-state index >= 15 is 0 Å². The molecule has 0 heterocycles. The number of carboxylic acid groups (broad SMARTS) is 1. The number of nitrogens with two attached hydrogens (primary N) is 2. The van der Waals surface area contributed by atoms with Crippen LogP contribution in [0.4, 0.5) is 11.4 Å². The van der Waals surface area contributed by atoms with Gasteiger partial charge in [-0.3, -0.25) is 0 Å². The van der Waals surface area contributed by atoms with Crippen LogP contribution in [0.1, 0.15) is 38.2 Å². The number of carboxylic acids is 1. The Hall–Kier alpha value is -2.20. The van der Waals surface area contributed by atoms with Crippen molar-refractivity contribution < 1.29 is 9.90 Å². The van der Waals surface area contributed by atoms with E-state index in [1.54, 1.807) is 26.0 Å². The maximum atomic E-state index is 10.7. The molecule has 2 aromatic carbocycles. The van der Waals surface area contributed by atoms with Crippen molar-refractivity contribution >= 4 is 29.8 Å². The monoisotopic (exact) mass is 336 g/mol. The topological polar surface area (TPSA) is 89.3 Å². The molecule has 126 valence electrons. The van der Waals surface area contributed by atoms with Gasteiger partial charge in [-0.15, -0.1) is 12.4 Å². The van der Waals surface area contributed by atoms with Crippen LogP contribution in [0, 0.1) is 34.6 Å². The van der Waals surface area contributed by atoms with Gasteiger partial charge in [0.05, 0.1) is 5.56 Å². The number of benzene rings is 2. The van der Waals surface area contributed by atoms with Gasteiger partial charge >= 0.3 is 5.97 Å². The summed E-state index contributed by atoms with van der Waals surface area (Å²) in [7, 11) is 0. The van der Waals surface area contributed by atoms with Crippen molar-refractivity contribution in [1.82, 2.24) is 0 Å². The van der Waals surface area contributed by atoms with Crippen LogP contribution in [-0.4, -0.2) is 11.1 Å². The smallest absolute Gasteiger partial charge is 0.336 e. The molecule has 5 N–H and O–H groups in total. The average molecular weight is 337 g/mol. The fraction of sp³-hybridized carbons (Fsp3) is 0.278. The van der Waals surface area contributed by atoms with E-state index < -0.39 is 5.97 Å². The minimum atomic E-state index is -0.898. The van der Waals surface area contributed by atoms with Gasteiger partial charge in [-0.25, -0.2) is 4.79 Å². The Morgan fingerprint density at radius 1 is 0.783 bits per heavy atom. The largest absolute Gasteiger partial charge is 0.478 e. The third kappa shape index (κ3) is 5.49. The zero-order valence-electron chi connectivity index (χ0n) is 14.2. The Balaban J connectivity index is 0.000000409. The number of aryl methyl sites for hydroxylation is 4. The molecule has 0 unspecified atom stereocenters. The van der Waals surface area contributed by atoms with Crippen molar-refractivity contribution in [2.24, 2.45) is 0 Å². The molecule has 0 fully saturated rings. The normalized spacial score (nSPS) is 9.43. The van der Waals surface area contributed by atoms with E-state index in [0.717, 1.165) is 5.69 Å². The zero-order chi connectivity index (χ0) is 17.0. The van der Waals surface area contributed by atoms with Gasteiger partial charge in [-0.1, -0.05) is 0 Å². The fourth-order valence-electron chi connectivity index (χ4n) is 2.40. The van der Waals surface area contributed by atoms with E-state index in [4.69, 9.17) is 16.6 Å². The molecule has 0 aliphatic rings. The van der Waals surface area contributed by atoms with Crippen molar-refractivity contribution in [3.05, 3.63) is 57.6 Å². The van der Waals surface area contributed by atoms with Gasteiger partial charge < -0.3 is 16.6 Å². The number of hydrogen-bond acceptors (Lipinski definition) is 3. The Morgan fingerprint density at radius 2 is 1.09 bits per heavy atom. The molecule has 0 aliphatic carbocycles. The molecule has 0 radical (unpaired) electrons. The first-order valence-corrected chi connectivity index (χ1v) is 7.06. The van der Waals surface area contributed by atoms with Crippen LogP contribution in [-0.2, 0) is 0 Å². The minimum Gasteiger partial charge on any atom is -0.478 e. The maximum absolute atomic E-state index is 10.7. The molecule has 0 spiro atoms. The summed E-state index contributed by atoms with van der Waals surface area (Å²) in [5.74, 6) is -0.898. The summed E-state index contributed by atoms with van der Waals surface area (Å²) >= 11 is 0. The lowest BCUT2D eigenvalue weighted by atomic mass is 10.0. The molecule has 2 aromatic rings. The molecule has 5 heteroatoms. The molecule has 0 amide bonds. The molecular formula is C18H25ClN2O2. The molecule has 0 atom stereocenters. The average Bonchev–Trinajstić information content (AvgIpc) is 2.34. The quantitative estimate of drug-likeness (QED) is 0.681. The van der Waals surface area contributed by atoms with Crippen molar-refractivity contribution in [2.45, 2.75) is 34.6 Å². The van der Waals surface area contributed by atoms with Crippen LogP contribution in [0.25, 0.3) is 0 Å². The number of hydrogen-bond donors (Lipinski definition) is 3. The van der Waals surface area contributed by atoms with Gasteiger partial charge in [-0.2, -0.15) is 0 Å². The Morgan fingerprint density at radius 3 is 1.39 bits per heavy atom. The number of nitrogen functional groups attached to an aromatic ring is 2. The maximum Gasteiger partial charge on any atom is 0.336 e. The van der Waals surface area contributed by atoms with Crippen molar-refractivity contribution in [3.63, 3.8) is 0 Å². The van der Waals surface area contributed by atoms with E-state index in [1.807, 2.05) is 12.1 Å². The first-order valence-electron chi connectivity index (χ1n) is 7.06. The third-order valence-corrected chi connectivity index (χ3v) is 3.72. The van der Waals surface area contributed by atoms with Crippen LogP contribution in [0.5, 0.6) is 0 Å². The Bertz CT molecular complexity index is 666. The molecule has 0 bridgehead atoms. The SMILES string of the molecule is Cc1cc(N)cc(C)c1C.Cc1cc(N)cc(C)c1C(=O)O.Cl. The summed E-state index contributed by atoms with van der Waals surface area (Å²) in [6.07, 6.45) is 0. The lowest BCUT2D eigenvalue weighted by Gasteiger charge is -2.05. The highest BCUT2D eigenvalue weighted by Gasteiger charge is 2.10. The fourth-order valence-corrected chi connectivity index (χ4v) is 2.40. The number of rotatable bonds is 1. The Kier molecular flexibility index (Phi) is 7.63. The molecular weight excluding hydrogens is 312 g/mol. The van der Waals surface area contributed by atoms with Gasteiger partial charge in [0.2, 0.25) is 0 Å². The highest BCUT2D eigenvalue weighted by atomic mass is 35.5. The van der Waals surface area contributed by atoms with Gasteiger partial charge in [0.1, 0.15) is 0 Å². The molecule has 23 heavy (non-hydrogen) atoms. The van der Waals surface area contributed by atoms with Crippen LogP contribution in [0.2, 0.25) is 0 Å². The van der Waals surface area contributed by atoms with Crippen LogP contribution >= 0.6 is 12.4 Å². The zero-order valence-corrected chi connectivity index (χ0v) is 15.0. The number of carbonyl (C=O) groups is 1. The van der Waals surface area contributed by atoms with Crippen LogP contribution in [0.15, 0.2) is 24.3 Å². The Labute approximate surface area is 143 Å². The lowest BCUT2D eigenvalue weighted by Crippen LogP contribution is -2.03. The minimum absolute atomic E-state index is 0. The second-order valence-corrected chi connectivity index (χ2v) is 5.61. The molecule has 0 aliphatic heterocycles. The lowest BCUT2D eigenvalue weighted by molar-refractivity contribution is 0.0695. The summed E-state index contributed by atoms with van der Waals surface area (Å²) in [6, 6.07) is 7.33. The standard InChI is InChI=1S/C9H11NO2.C9H13N.ClH/c1-5-3-7(10)4-6(2)8(5)9(11)12;1-6-4-9(10)5-7(2)8(6)3;/h3-4H,10H2,1-2H3,(H,11,12);4-5H,10H2,1-3H3;1H. The molecule has 0 saturated heterocycles. The van der Waals surface area contributed by atoms with E-state index in [9.17, 15) is 4.79 Å². The van der Waals surface area contributed by atoms with Crippen molar-refractivity contribution in [3.8, 4) is 0 Å².